The molecule has 0 aromatic heterocycles. The van der Waals surface area contributed by atoms with Crippen LogP contribution in [0.25, 0.3) is 0 Å². The molecule has 0 fully saturated rings. The van der Waals surface area contributed by atoms with Crippen LogP contribution in [0.3, 0.4) is 0 Å². The second-order valence-corrected chi connectivity index (χ2v) is 5.14. The zero-order chi connectivity index (χ0) is 16.6. The van der Waals surface area contributed by atoms with E-state index in [9.17, 15) is 25.3 Å². The van der Waals surface area contributed by atoms with Gasteiger partial charge in [-0.1, -0.05) is 6.07 Å². The Morgan fingerprint density at radius 1 is 1.04 bits per heavy atom. The molecule has 0 bridgehead atoms. The van der Waals surface area contributed by atoms with E-state index < -0.39 is 9.85 Å². The van der Waals surface area contributed by atoms with E-state index in [0.29, 0.717) is 17.5 Å². The zero-order valence-electron chi connectivity index (χ0n) is 11.9. The minimum atomic E-state index is -0.506. The van der Waals surface area contributed by atoms with Crippen LogP contribution in [0.15, 0.2) is 30.3 Å². The van der Waals surface area contributed by atoms with Crippen molar-refractivity contribution < 1.29 is 19.7 Å². The Morgan fingerprint density at radius 3 is 2.35 bits per heavy atom. The van der Waals surface area contributed by atoms with E-state index in [4.69, 9.17) is 4.74 Å². The summed E-state index contributed by atoms with van der Waals surface area (Å²) in [6.07, 6.45) is 0.335. The number of non-ortho nitro benzene ring substituents is 1. The lowest BCUT2D eigenvalue weighted by atomic mass is 9.94. The molecule has 1 aliphatic rings. The maximum Gasteiger partial charge on any atom is 0.311 e. The molecule has 0 saturated heterocycles. The molecule has 0 saturated carbocycles. The molecule has 8 heteroatoms. The normalized spacial score (nSPS) is 12.0. The quantitative estimate of drug-likeness (QED) is 0.669. The molecule has 118 valence electrons. The smallest absolute Gasteiger partial charge is 0.311 e. The summed E-state index contributed by atoms with van der Waals surface area (Å²) in [5, 5.41) is 31.2. The number of benzene rings is 2. The van der Waals surface area contributed by atoms with Gasteiger partial charge in [-0.25, -0.2) is 0 Å². The Kier molecular flexibility index (Phi) is 3.67. The minimum absolute atomic E-state index is 0.0609. The first-order valence-corrected chi connectivity index (χ1v) is 6.80. The SMILES string of the molecule is O=[N+]([O-])c1ccc(CO)c(Cc2ccc([N+](=O)[O-])c3c2CO3)c1. The van der Waals surface area contributed by atoms with Gasteiger partial charge in [0.1, 0.15) is 6.61 Å². The fourth-order valence-electron chi connectivity index (χ4n) is 2.60. The molecule has 0 unspecified atom stereocenters. The van der Waals surface area contributed by atoms with Gasteiger partial charge in [-0.15, -0.1) is 0 Å². The molecule has 2 aromatic carbocycles. The van der Waals surface area contributed by atoms with Crippen molar-refractivity contribution in [2.75, 3.05) is 0 Å². The van der Waals surface area contributed by atoms with E-state index in [0.717, 1.165) is 11.1 Å². The molecule has 1 heterocycles. The van der Waals surface area contributed by atoms with Crippen LogP contribution in [0, 0.1) is 20.2 Å². The van der Waals surface area contributed by atoms with Crippen molar-refractivity contribution in [3.63, 3.8) is 0 Å². The number of nitrogens with zero attached hydrogens (tertiary/aromatic N) is 2. The molecule has 1 N–H and O–H groups in total. The predicted octanol–water partition coefficient (Wildman–Crippen LogP) is 2.48. The van der Waals surface area contributed by atoms with Crippen molar-refractivity contribution in [1.82, 2.24) is 0 Å². The van der Waals surface area contributed by atoms with Gasteiger partial charge < -0.3 is 9.84 Å². The lowest BCUT2D eigenvalue weighted by Crippen LogP contribution is -2.15. The zero-order valence-corrected chi connectivity index (χ0v) is 11.9. The summed E-state index contributed by atoms with van der Waals surface area (Å²) in [6, 6.07) is 7.26. The number of aliphatic hydroxyl groups excluding tert-OH is 1. The van der Waals surface area contributed by atoms with Gasteiger partial charge in [0.05, 0.1) is 16.5 Å². The van der Waals surface area contributed by atoms with E-state index >= 15 is 0 Å². The van der Waals surface area contributed by atoms with Crippen LogP contribution >= 0.6 is 0 Å². The highest BCUT2D eigenvalue weighted by Crippen LogP contribution is 2.41. The van der Waals surface area contributed by atoms with Crippen molar-refractivity contribution in [1.29, 1.82) is 0 Å². The summed E-state index contributed by atoms with van der Waals surface area (Å²) in [4.78, 5) is 20.8. The topological polar surface area (TPSA) is 116 Å². The minimum Gasteiger partial charge on any atom is -0.481 e. The van der Waals surface area contributed by atoms with Crippen LogP contribution in [-0.4, -0.2) is 15.0 Å². The van der Waals surface area contributed by atoms with Gasteiger partial charge in [0.2, 0.25) is 5.75 Å². The van der Waals surface area contributed by atoms with Crippen LogP contribution in [-0.2, 0) is 19.6 Å². The van der Waals surface area contributed by atoms with E-state index in [2.05, 4.69) is 0 Å². The molecule has 23 heavy (non-hydrogen) atoms. The Morgan fingerprint density at radius 2 is 1.78 bits per heavy atom. The number of rotatable bonds is 5. The Hall–Kier alpha value is -3.00. The Labute approximate surface area is 130 Å². The van der Waals surface area contributed by atoms with Crippen molar-refractivity contribution in [2.24, 2.45) is 0 Å². The number of nitro groups is 2. The Bertz CT molecular complexity index is 818. The standard InChI is InChI=1S/C15H12N2O6/c18-7-10-1-3-12(16(19)20)6-11(10)5-9-2-4-14(17(21)22)15-13(9)8-23-15/h1-4,6,18H,5,7-8H2. The van der Waals surface area contributed by atoms with Crippen LogP contribution in [0.2, 0.25) is 0 Å². The molecule has 2 aromatic rings. The molecule has 8 nitrogen and oxygen atoms in total. The average molecular weight is 316 g/mol. The summed E-state index contributed by atoms with van der Waals surface area (Å²) in [6.45, 7) is 0.0364. The fourth-order valence-corrected chi connectivity index (χ4v) is 2.60. The number of hydrogen-bond acceptors (Lipinski definition) is 6. The third kappa shape index (κ3) is 2.59. The van der Waals surface area contributed by atoms with Crippen molar-refractivity contribution in [3.05, 3.63) is 72.8 Å². The van der Waals surface area contributed by atoms with Gasteiger partial charge in [0, 0.05) is 23.8 Å². The summed E-state index contributed by atoms with van der Waals surface area (Å²) in [7, 11) is 0. The molecular formula is C15H12N2O6. The average Bonchev–Trinajstić information content (AvgIpc) is 2.48. The molecule has 0 atom stereocenters. The van der Waals surface area contributed by atoms with Gasteiger partial charge in [-0.05, 0) is 29.2 Å². The van der Waals surface area contributed by atoms with E-state index in [1.165, 1.54) is 24.3 Å². The second-order valence-electron chi connectivity index (χ2n) is 5.14. The molecule has 1 aliphatic heterocycles. The number of ether oxygens (including phenoxy) is 1. The summed E-state index contributed by atoms with van der Waals surface area (Å²) in [5.74, 6) is 0.253. The molecular weight excluding hydrogens is 304 g/mol. The monoisotopic (exact) mass is 316 g/mol. The highest BCUT2D eigenvalue weighted by atomic mass is 16.6. The van der Waals surface area contributed by atoms with E-state index in [1.807, 2.05) is 0 Å². The highest BCUT2D eigenvalue weighted by molar-refractivity contribution is 5.59. The lowest BCUT2D eigenvalue weighted by Gasteiger charge is -2.23. The number of nitro benzene ring substituents is 2. The first kappa shape index (κ1) is 14.9. The number of fused-ring (bicyclic) bond motifs is 1. The van der Waals surface area contributed by atoms with Gasteiger partial charge >= 0.3 is 5.69 Å². The van der Waals surface area contributed by atoms with Gasteiger partial charge in [-0.2, -0.15) is 0 Å². The van der Waals surface area contributed by atoms with E-state index in [-0.39, 0.29) is 30.3 Å². The van der Waals surface area contributed by atoms with Crippen LogP contribution in [0.1, 0.15) is 22.3 Å². The second kappa shape index (κ2) is 5.65. The molecule has 0 spiro atoms. The highest BCUT2D eigenvalue weighted by Gasteiger charge is 2.29. The number of aliphatic hydroxyl groups is 1. The first-order valence-electron chi connectivity index (χ1n) is 6.80. The van der Waals surface area contributed by atoms with Crippen molar-refractivity contribution in [3.8, 4) is 5.75 Å². The third-order valence-electron chi connectivity index (χ3n) is 3.85. The molecule has 0 radical (unpaired) electrons. The summed E-state index contributed by atoms with van der Waals surface area (Å²) < 4.78 is 5.17. The van der Waals surface area contributed by atoms with Gasteiger partial charge in [-0.3, -0.25) is 20.2 Å². The number of hydrogen-bond donors (Lipinski definition) is 1. The largest absolute Gasteiger partial charge is 0.481 e. The van der Waals surface area contributed by atoms with Gasteiger partial charge in [0.15, 0.2) is 0 Å². The predicted molar refractivity (Wildman–Crippen MR) is 79.3 cm³/mol. The Balaban J connectivity index is 2.00. The van der Waals surface area contributed by atoms with Gasteiger partial charge in [0.25, 0.3) is 5.69 Å². The van der Waals surface area contributed by atoms with Crippen molar-refractivity contribution >= 4 is 11.4 Å². The lowest BCUT2D eigenvalue weighted by molar-refractivity contribution is -0.386. The van der Waals surface area contributed by atoms with Crippen LogP contribution < -0.4 is 4.74 Å². The maximum absolute atomic E-state index is 10.9. The first-order chi connectivity index (χ1) is 11.0. The summed E-state index contributed by atoms with van der Waals surface area (Å²) >= 11 is 0. The van der Waals surface area contributed by atoms with Crippen molar-refractivity contribution in [2.45, 2.75) is 19.6 Å². The van der Waals surface area contributed by atoms with E-state index in [1.54, 1.807) is 6.07 Å². The summed E-state index contributed by atoms with van der Waals surface area (Å²) in [5.41, 5.74) is 2.58. The molecule has 3 rings (SSSR count). The third-order valence-corrected chi connectivity index (χ3v) is 3.85. The molecule has 0 aliphatic carbocycles. The fraction of sp³-hybridized carbons (Fsp3) is 0.200. The maximum atomic E-state index is 10.9. The van der Waals surface area contributed by atoms with Crippen LogP contribution in [0.4, 0.5) is 11.4 Å². The van der Waals surface area contributed by atoms with Crippen LogP contribution in [0.5, 0.6) is 5.75 Å². The molecule has 0 amide bonds.